The molecule has 0 unspecified atom stereocenters. The van der Waals surface area contributed by atoms with Crippen LogP contribution in [0, 0.1) is 0 Å². The van der Waals surface area contributed by atoms with Gasteiger partial charge < -0.3 is 29.0 Å². The zero-order valence-corrected chi connectivity index (χ0v) is 20.8. The second-order valence-corrected chi connectivity index (χ2v) is 9.36. The Hall–Kier alpha value is -3.47. The smallest absolute Gasteiger partial charge is 0.408 e. The fourth-order valence-corrected chi connectivity index (χ4v) is 3.55. The molecular formula is C24H32N4O7. The Morgan fingerprint density at radius 2 is 1.97 bits per heavy atom. The summed E-state index contributed by atoms with van der Waals surface area (Å²) in [4.78, 5) is 54.8. The van der Waals surface area contributed by atoms with Gasteiger partial charge in [0.25, 0.3) is 0 Å². The van der Waals surface area contributed by atoms with Crippen molar-refractivity contribution in [3.05, 3.63) is 29.6 Å². The number of esters is 1. The molecule has 2 heterocycles. The van der Waals surface area contributed by atoms with Crippen LogP contribution in [0.4, 0.5) is 4.79 Å². The van der Waals surface area contributed by atoms with Gasteiger partial charge in [0, 0.05) is 12.2 Å². The number of amides is 2. The number of benzene rings is 1. The van der Waals surface area contributed by atoms with E-state index >= 15 is 0 Å². The number of carbonyl (C=O) groups excluding carboxylic acids is 4. The fraction of sp³-hybridized carbons (Fsp3) is 0.542. The van der Waals surface area contributed by atoms with Crippen LogP contribution in [0.3, 0.4) is 0 Å². The molecule has 1 aliphatic heterocycles. The third kappa shape index (κ3) is 7.01. The maximum absolute atomic E-state index is 13.0. The van der Waals surface area contributed by atoms with E-state index in [1.807, 2.05) is 4.57 Å². The van der Waals surface area contributed by atoms with Crippen LogP contribution < -0.4 is 5.32 Å². The van der Waals surface area contributed by atoms with E-state index in [0.29, 0.717) is 30.1 Å². The van der Waals surface area contributed by atoms with E-state index in [4.69, 9.17) is 14.2 Å². The van der Waals surface area contributed by atoms with Crippen molar-refractivity contribution in [2.45, 2.75) is 58.9 Å². The van der Waals surface area contributed by atoms with Gasteiger partial charge in [0.15, 0.2) is 5.78 Å². The molecular weight excluding hydrogens is 456 g/mol. The van der Waals surface area contributed by atoms with Gasteiger partial charge in [-0.05, 0) is 52.3 Å². The molecule has 0 radical (unpaired) electrons. The fourth-order valence-electron chi connectivity index (χ4n) is 3.55. The van der Waals surface area contributed by atoms with Crippen LogP contribution >= 0.6 is 0 Å². The molecule has 0 bridgehead atoms. The van der Waals surface area contributed by atoms with Gasteiger partial charge >= 0.3 is 12.1 Å². The highest BCUT2D eigenvalue weighted by Crippen LogP contribution is 2.23. The molecule has 11 nitrogen and oxygen atoms in total. The summed E-state index contributed by atoms with van der Waals surface area (Å²) < 4.78 is 17.4. The van der Waals surface area contributed by atoms with E-state index in [0.717, 1.165) is 11.9 Å². The van der Waals surface area contributed by atoms with Crippen molar-refractivity contribution in [3.8, 4) is 0 Å². The number of alkyl carbamates (subject to hydrolysis) is 1. The number of imidazole rings is 1. The summed E-state index contributed by atoms with van der Waals surface area (Å²) >= 11 is 0. The average Bonchev–Trinajstić information content (AvgIpc) is 3.08. The number of ether oxygens (including phenoxy) is 3. The standard InChI is InChI=1S/C24H32N4O7/c1-15(29)16-6-7-18-19(10-16)28(12-17-8-9-34-17)20(26-18)13-27(14-22(31)33-5)21(30)11-25-23(32)35-24(2,3)4/h6-7,10,17H,8-9,11-14H2,1-5H3,(H,25,32)/t17-/m0/s1. The molecule has 190 valence electrons. The number of fused-ring (bicyclic) bond motifs is 1. The second-order valence-electron chi connectivity index (χ2n) is 9.36. The number of Topliss-reactive ketones (excluding diaryl/α,β-unsaturated/α-hetero) is 1. The molecule has 1 aliphatic rings. The summed E-state index contributed by atoms with van der Waals surface area (Å²) in [6.45, 7) is 7.09. The maximum atomic E-state index is 13.0. The van der Waals surface area contributed by atoms with Gasteiger partial charge in [-0.2, -0.15) is 0 Å². The summed E-state index contributed by atoms with van der Waals surface area (Å²) in [5.74, 6) is -0.675. The molecule has 11 heteroatoms. The molecule has 1 N–H and O–H groups in total. The van der Waals surface area contributed by atoms with Crippen LogP contribution in [-0.4, -0.2) is 76.7 Å². The predicted octanol–water partition coefficient (Wildman–Crippen LogP) is 2.05. The highest BCUT2D eigenvalue weighted by Gasteiger charge is 2.26. The second kappa shape index (κ2) is 10.9. The van der Waals surface area contributed by atoms with Gasteiger partial charge in [0.1, 0.15) is 24.5 Å². The lowest BCUT2D eigenvalue weighted by Gasteiger charge is -2.28. The first-order valence-electron chi connectivity index (χ1n) is 11.4. The summed E-state index contributed by atoms with van der Waals surface area (Å²) in [6, 6.07) is 5.22. The first kappa shape index (κ1) is 26.1. The SMILES string of the molecule is COC(=O)CN(Cc1nc2ccc(C(C)=O)cc2n1C[C@@H]1CCO1)C(=O)CNC(=O)OC(C)(C)C. The molecule has 35 heavy (non-hydrogen) atoms. The van der Waals surface area contributed by atoms with E-state index in [2.05, 4.69) is 10.3 Å². The minimum atomic E-state index is -0.741. The Labute approximate surface area is 203 Å². The van der Waals surface area contributed by atoms with Gasteiger partial charge in [-0.1, -0.05) is 0 Å². The third-order valence-corrected chi connectivity index (χ3v) is 5.43. The Kier molecular flexibility index (Phi) is 8.11. The maximum Gasteiger partial charge on any atom is 0.408 e. The van der Waals surface area contributed by atoms with Crippen molar-refractivity contribution in [1.82, 2.24) is 19.8 Å². The highest BCUT2D eigenvalue weighted by molar-refractivity contribution is 5.97. The highest BCUT2D eigenvalue weighted by atomic mass is 16.6. The zero-order valence-electron chi connectivity index (χ0n) is 20.8. The summed E-state index contributed by atoms with van der Waals surface area (Å²) in [5.41, 5.74) is 1.22. The Balaban J connectivity index is 1.86. The lowest BCUT2D eigenvalue weighted by molar-refractivity contribution is -0.147. The molecule has 1 aromatic carbocycles. The van der Waals surface area contributed by atoms with Gasteiger partial charge in [0.2, 0.25) is 5.91 Å². The number of ketones is 1. The topological polar surface area (TPSA) is 129 Å². The van der Waals surface area contributed by atoms with Crippen molar-refractivity contribution in [1.29, 1.82) is 0 Å². The molecule has 0 saturated carbocycles. The Morgan fingerprint density at radius 1 is 1.26 bits per heavy atom. The Morgan fingerprint density at radius 3 is 2.54 bits per heavy atom. The number of rotatable bonds is 9. The zero-order chi connectivity index (χ0) is 25.8. The molecule has 1 fully saturated rings. The average molecular weight is 489 g/mol. The van der Waals surface area contributed by atoms with E-state index in [1.54, 1.807) is 39.0 Å². The number of nitrogens with zero attached hydrogens (tertiary/aromatic N) is 3. The monoisotopic (exact) mass is 488 g/mol. The minimum Gasteiger partial charge on any atom is -0.468 e. The van der Waals surface area contributed by atoms with Crippen LogP contribution in [-0.2, 0) is 36.9 Å². The first-order valence-corrected chi connectivity index (χ1v) is 11.4. The lowest BCUT2D eigenvalue weighted by atomic mass is 10.1. The van der Waals surface area contributed by atoms with E-state index < -0.39 is 23.6 Å². The number of methoxy groups -OCH3 is 1. The summed E-state index contributed by atoms with van der Waals surface area (Å²) in [7, 11) is 1.23. The van der Waals surface area contributed by atoms with Gasteiger partial charge in [-0.15, -0.1) is 0 Å². The third-order valence-electron chi connectivity index (χ3n) is 5.43. The van der Waals surface area contributed by atoms with E-state index in [-0.39, 0.29) is 31.5 Å². The van der Waals surface area contributed by atoms with Crippen molar-refractivity contribution in [2.75, 3.05) is 26.8 Å². The molecule has 1 aromatic heterocycles. The quantitative estimate of drug-likeness (QED) is 0.419. The van der Waals surface area contributed by atoms with Gasteiger partial charge in [-0.25, -0.2) is 9.78 Å². The number of hydrogen-bond donors (Lipinski definition) is 1. The number of aromatic nitrogens is 2. The predicted molar refractivity (Wildman–Crippen MR) is 126 cm³/mol. The van der Waals surface area contributed by atoms with E-state index in [9.17, 15) is 19.2 Å². The minimum absolute atomic E-state index is 0.00859. The van der Waals surface area contributed by atoms with Gasteiger partial charge in [-0.3, -0.25) is 14.4 Å². The molecule has 1 saturated heterocycles. The van der Waals surface area contributed by atoms with Crippen LogP contribution in [0.1, 0.15) is 50.3 Å². The van der Waals surface area contributed by atoms with Crippen molar-refractivity contribution in [3.63, 3.8) is 0 Å². The lowest BCUT2D eigenvalue weighted by Crippen LogP contribution is -2.44. The number of hydrogen-bond acceptors (Lipinski definition) is 8. The van der Waals surface area contributed by atoms with Crippen LogP contribution in [0.25, 0.3) is 11.0 Å². The summed E-state index contributed by atoms with van der Waals surface area (Å²) in [5, 5.41) is 2.42. The van der Waals surface area contributed by atoms with E-state index in [1.165, 1.54) is 18.9 Å². The Bertz CT molecular complexity index is 1120. The van der Waals surface area contributed by atoms with Crippen molar-refractivity contribution < 1.29 is 33.4 Å². The molecule has 1 atom stereocenters. The van der Waals surface area contributed by atoms with Crippen LogP contribution in [0.5, 0.6) is 0 Å². The molecule has 0 spiro atoms. The number of carbonyl (C=O) groups is 4. The molecule has 0 aliphatic carbocycles. The molecule has 2 amide bonds. The molecule has 2 aromatic rings. The van der Waals surface area contributed by atoms with Crippen LogP contribution in [0.15, 0.2) is 18.2 Å². The molecule has 3 rings (SSSR count). The largest absolute Gasteiger partial charge is 0.468 e. The van der Waals surface area contributed by atoms with Crippen LogP contribution in [0.2, 0.25) is 0 Å². The number of nitrogens with one attached hydrogen (secondary N) is 1. The van der Waals surface area contributed by atoms with Crippen molar-refractivity contribution >= 4 is 34.8 Å². The summed E-state index contributed by atoms with van der Waals surface area (Å²) in [6.07, 6.45) is 0.136. The first-order chi connectivity index (χ1) is 16.5. The van der Waals surface area contributed by atoms with Crippen molar-refractivity contribution in [2.24, 2.45) is 0 Å². The van der Waals surface area contributed by atoms with Gasteiger partial charge in [0.05, 0.1) is 37.3 Å². The normalized spacial score (nSPS) is 15.3.